The fourth-order valence-corrected chi connectivity index (χ4v) is 3.02. The number of piperazine rings is 1. The standard InChI is InChI=1S/C14H21N3O/c1-10-9-15-6-7-17(10)14(18)13-8-11-4-2-3-5-12(11)16-13/h8,10,15-16H,2-7,9H2,1H3/t10-/m0/s1. The van der Waals surface area contributed by atoms with Gasteiger partial charge in [-0.3, -0.25) is 4.79 Å². The van der Waals surface area contributed by atoms with E-state index in [1.807, 2.05) is 4.90 Å². The molecule has 1 atom stereocenters. The molecule has 1 amide bonds. The van der Waals surface area contributed by atoms with Gasteiger partial charge >= 0.3 is 0 Å². The fourth-order valence-electron chi connectivity index (χ4n) is 3.02. The van der Waals surface area contributed by atoms with Crippen molar-refractivity contribution in [2.45, 2.75) is 38.6 Å². The highest BCUT2D eigenvalue weighted by molar-refractivity contribution is 5.93. The maximum atomic E-state index is 12.5. The first kappa shape index (κ1) is 11.8. The number of aromatic nitrogens is 1. The predicted molar refractivity (Wildman–Crippen MR) is 70.8 cm³/mol. The molecule has 1 fully saturated rings. The van der Waals surface area contributed by atoms with Crippen LogP contribution in [0.2, 0.25) is 0 Å². The summed E-state index contributed by atoms with van der Waals surface area (Å²) in [6, 6.07) is 2.36. The lowest BCUT2D eigenvalue weighted by Crippen LogP contribution is -2.52. The van der Waals surface area contributed by atoms with E-state index in [4.69, 9.17) is 0 Å². The lowest BCUT2D eigenvalue weighted by Gasteiger charge is -2.33. The topological polar surface area (TPSA) is 48.1 Å². The number of carbonyl (C=O) groups is 1. The number of carbonyl (C=O) groups excluding carboxylic acids is 1. The average molecular weight is 247 g/mol. The van der Waals surface area contributed by atoms with Gasteiger partial charge in [-0.2, -0.15) is 0 Å². The first-order valence-electron chi connectivity index (χ1n) is 6.98. The molecule has 0 radical (unpaired) electrons. The van der Waals surface area contributed by atoms with Crippen molar-refractivity contribution in [2.24, 2.45) is 0 Å². The molecular formula is C14H21N3O. The number of hydrogen-bond acceptors (Lipinski definition) is 2. The summed E-state index contributed by atoms with van der Waals surface area (Å²) < 4.78 is 0. The SMILES string of the molecule is C[C@H]1CNCCN1C(=O)c1cc2c([nH]1)CCCC2. The lowest BCUT2D eigenvalue weighted by atomic mass is 9.98. The van der Waals surface area contributed by atoms with E-state index < -0.39 is 0 Å². The second kappa shape index (κ2) is 4.76. The summed E-state index contributed by atoms with van der Waals surface area (Å²) in [6.45, 7) is 4.71. The average Bonchev–Trinajstić information content (AvgIpc) is 2.82. The van der Waals surface area contributed by atoms with Crippen LogP contribution in [0.4, 0.5) is 0 Å². The van der Waals surface area contributed by atoms with Gasteiger partial charge in [0.25, 0.3) is 5.91 Å². The van der Waals surface area contributed by atoms with E-state index in [0.29, 0.717) is 0 Å². The maximum Gasteiger partial charge on any atom is 0.270 e. The predicted octanol–water partition coefficient (Wildman–Crippen LogP) is 1.33. The molecule has 1 aliphatic heterocycles. The molecule has 0 saturated carbocycles. The smallest absolute Gasteiger partial charge is 0.270 e. The zero-order valence-corrected chi connectivity index (χ0v) is 11.0. The number of aromatic amines is 1. The van der Waals surface area contributed by atoms with Crippen LogP contribution in [0.25, 0.3) is 0 Å². The van der Waals surface area contributed by atoms with Gasteiger partial charge in [0.1, 0.15) is 5.69 Å². The Morgan fingerprint density at radius 1 is 1.39 bits per heavy atom. The highest BCUT2D eigenvalue weighted by atomic mass is 16.2. The molecule has 3 rings (SSSR count). The Balaban J connectivity index is 1.81. The van der Waals surface area contributed by atoms with E-state index in [-0.39, 0.29) is 11.9 Å². The molecule has 2 N–H and O–H groups in total. The second-order valence-corrected chi connectivity index (χ2v) is 5.45. The van der Waals surface area contributed by atoms with E-state index >= 15 is 0 Å². The van der Waals surface area contributed by atoms with Crippen molar-refractivity contribution in [3.63, 3.8) is 0 Å². The molecule has 18 heavy (non-hydrogen) atoms. The van der Waals surface area contributed by atoms with Gasteiger partial charge in [0.15, 0.2) is 0 Å². The van der Waals surface area contributed by atoms with Crippen LogP contribution in [-0.4, -0.2) is 41.5 Å². The van der Waals surface area contributed by atoms with Crippen molar-refractivity contribution in [2.75, 3.05) is 19.6 Å². The fraction of sp³-hybridized carbons (Fsp3) is 0.643. The summed E-state index contributed by atoms with van der Waals surface area (Å²) in [5.74, 6) is 0.165. The van der Waals surface area contributed by atoms with Crippen molar-refractivity contribution in [3.8, 4) is 0 Å². The minimum Gasteiger partial charge on any atom is -0.354 e. The van der Waals surface area contributed by atoms with Crippen LogP contribution in [0.5, 0.6) is 0 Å². The molecular weight excluding hydrogens is 226 g/mol. The van der Waals surface area contributed by atoms with Crippen LogP contribution in [0, 0.1) is 0 Å². The molecule has 0 spiro atoms. The van der Waals surface area contributed by atoms with Gasteiger partial charge in [-0.1, -0.05) is 0 Å². The Hall–Kier alpha value is -1.29. The Labute approximate surface area is 108 Å². The van der Waals surface area contributed by atoms with E-state index in [1.165, 1.54) is 24.1 Å². The first-order valence-corrected chi connectivity index (χ1v) is 6.98. The van der Waals surface area contributed by atoms with Crippen LogP contribution in [-0.2, 0) is 12.8 Å². The molecule has 0 aromatic carbocycles. The maximum absolute atomic E-state index is 12.5. The normalized spacial score (nSPS) is 23.8. The molecule has 1 aromatic rings. The van der Waals surface area contributed by atoms with Gasteiger partial charge in [0.2, 0.25) is 0 Å². The van der Waals surface area contributed by atoms with Crippen LogP contribution < -0.4 is 5.32 Å². The number of hydrogen-bond donors (Lipinski definition) is 2. The molecule has 0 bridgehead atoms. The van der Waals surface area contributed by atoms with E-state index in [9.17, 15) is 4.79 Å². The molecule has 2 heterocycles. The zero-order valence-electron chi connectivity index (χ0n) is 11.0. The summed E-state index contributed by atoms with van der Waals surface area (Å²) in [7, 11) is 0. The Bertz CT molecular complexity index is 428. The Kier molecular flexibility index (Phi) is 3.12. The quantitative estimate of drug-likeness (QED) is 0.786. The molecule has 1 saturated heterocycles. The summed E-state index contributed by atoms with van der Waals surface area (Å²) in [4.78, 5) is 17.8. The largest absolute Gasteiger partial charge is 0.354 e. The van der Waals surface area contributed by atoms with Crippen molar-refractivity contribution in [1.29, 1.82) is 0 Å². The summed E-state index contributed by atoms with van der Waals surface area (Å²) >= 11 is 0. The van der Waals surface area contributed by atoms with Crippen molar-refractivity contribution in [3.05, 3.63) is 23.0 Å². The molecule has 2 aliphatic rings. The molecule has 4 heteroatoms. The Morgan fingerprint density at radius 2 is 2.22 bits per heavy atom. The van der Waals surface area contributed by atoms with Crippen molar-refractivity contribution < 1.29 is 4.79 Å². The van der Waals surface area contributed by atoms with Crippen molar-refractivity contribution in [1.82, 2.24) is 15.2 Å². The van der Waals surface area contributed by atoms with Gasteiger partial charge in [0.05, 0.1) is 0 Å². The van der Waals surface area contributed by atoms with Crippen LogP contribution in [0.15, 0.2) is 6.07 Å². The number of nitrogens with zero attached hydrogens (tertiary/aromatic N) is 1. The highest BCUT2D eigenvalue weighted by Crippen LogP contribution is 2.22. The minimum absolute atomic E-state index is 0.165. The number of fused-ring (bicyclic) bond motifs is 1. The Morgan fingerprint density at radius 3 is 3.00 bits per heavy atom. The number of aryl methyl sites for hydroxylation is 2. The van der Waals surface area contributed by atoms with Crippen LogP contribution in [0.3, 0.4) is 0 Å². The van der Waals surface area contributed by atoms with Gasteiger partial charge in [0, 0.05) is 31.4 Å². The number of rotatable bonds is 1. The van der Waals surface area contributed by atoms with Gasteiger partial charge in [-0.05, 0) is 44.2 Å². The van der Waals surface area contributed by atoms with E-state index in [0.717, 1.165) is 38.2 Å². The number of amides is 1. The molecule has 98 valence electrons. The van der Waals surface area contributed by atoms with Crippen LogP contribution in [0.1, 0.15) is 41.5 Å². The first-order chi connectivity index (χ1) is 8.75. The van der Waals surface area contributed by atoms with E-state index in [1.54, 1.807) is 0 Å². The van der Waals surface area contributed by atoms with Crippen molar-refractivity contribution >= 4 is 5.91 Å². The monoisotopic (exact) mass is 247 g/mol. The van der Waals surface area contributed by atoms with E-state index in [2.05, 4.69) is 23.3 Å². The third-order valence-electron chi connectivity index (χ3n) is 4.11. The summed E-state index contributed by atoms with van der Waals surface area (Å²) in [5.41, 5.74) is 3.43. The summed E-state index contributed by atoms with van der Waals surface area (Å²) in [5, 5.41) is 3.32. The molecule has 1 aliphatic carbocycles. The molecule has 4 nitrogen and oxygen atoms in total. The van der Waals surface area contributed by atoms with Gasteiger partial charge in [-0.25, -0.2) is 0 Å². The minimum atomic E-state index is 0.165. The van der Waals surface area contributed by atoms with Crippen LogP contribution >= 0.6 is 0 Å². The zero-order chi connectivity index (χ0) is 12.5. The number of nitrogens with one attached hydrogen (secondary N) is 2. The molecule has 0 unspecified atom stereocenters. The van der Waals surface area contributed by atoms with Gasteiger partial charge < -0.3 is 15.2 Å². The highest BCUT2D eigenvalue weighted by Gasteiger charge is 2.26. The van der Waals surface area contributed by atoms with Gasteiger partial charge in [-0.15, -0.1) is 0 Å². The lowest BCUT2D eigenvalue weighted by molar-refractivity contribution is 0.0650. The number of H-pyrrole nitrogens is 1. The third kappa shape index (κ3) is 2.05. The second-order valence-electron chi connectivity index (χ2n) is 5.45. The third-order valence-corrected chi connectivity index (χ3v) is 4.11. The summed E-state index contributed by atoms with van der Waals surface area (Å²) in [6.07, 6.45) is 4.71. The molecule has 1 aromatic heterocycles.